The van der Waals surface area contributed by atoms with E-state index in [1.165, 1.54) is 6.92 Å². The lowest BCUT2D eigenvalue weighted by Gasteiger charge is -2.48. The number of primary amides is 1. The summed E-state index contributed by atoms with van der Waals surface area (Å²) in [6, 6.07) is -5.62. The summed E-state index contributed by atoms with van der Waals surface area (Å²) in [6.45, 7) is 3.66. The Morgan fingerprint density at radius 1 is 0.732 bits per heavy atom. The number of carboxylic acids is 1. The summed E-state index contributed by atoms with van der Waals surface area (Å²) in [5, 5.41) is 57.0. The number of carboxylic acid groups (broad SMARTS) is 1. The Morgan fingerprint density at radius 2 is 1.27 bits per heavy atom. The van der Waals surface area contributed by atoms with E-state index in [2.05, 4.69) is 10.6 Å². The number of aliphatic carboxylic acids is 1. The Hall–Kier alpha value is -2.56. The molecule has 15 atom stereocenters. The highest BCUT2D eigenvalue weighted by Crippen LogP contribution is 2.31. The molecule has 3 saturated heterocycles. The average Bonchev–Trinajstić information content (AvgIpc) is 2.87. The zero-order valence-electron chi connectivity index (χ0n) is 22.3. The summed E-state index contributed by atoms with van der Waals surface area (Å²) < 4.78 is 27.5. The number of carbonyl (C=O) groups is 4. The SMILES string of the molecule is CC(=O)N[C@@H]1[C@@H](O[C@@H]2O[C@@H](C(=O)O)[C@@H](O[C@@H]3O[C@H](C(N)=O)[C@@H](O)[C@H](N)[C@H]3NC(C)=O)[C@@H](O)[C@@H]2N)[C@H](O)[C@@H](C)O[C@@H]1O. The minimum atomic E-state index is -2.02. The third-order valence-electron chi connectivity index (χ3n) is 7.00. The van der Waals surface area contributed by atoms with Gasteiger partial charge in [-0.1, -0.05) is 0 Å². The Kier molecular flexibility index (Phi) is 10.6. The van der Waals surface area contributed by atoms with Crippen LogP contribution in [0.25, 0.3) is 0 Å². The van der Waals surface area contributed by atoms with Gasteiger partial charge in [-0.2, -0.15) is 0 Å². The second-order valence-corrected chi connectivity index (χ2v) is 10.1. The van der Waals surface area contributed by atoms with Crippen LogP contribution in [-0.4, -0.2) is 141 Å². The quantitative estimate of drug-likeness (QED) is 0.125. The van der Waals surface area contributed by atoms with Crippen LogP contribution in [0.4, 0.5) is 0 Å². The number of carbonyl (C=O) groups excluding carboxylic acids is 3. The van der Waals surface area contributed by atoms with Crippen LogP contribution in [0.2, 0.25) is 0 Å². The average molecular weight is 596 g/mol. The fourth-order valence-electron chi connectivity index (χ4n) is 4.89. The summed E-state index contributed by atoms with van der Waals surface area (Å²) in [5.74, 6) is -4.06. The van der Waals surface area contributed by atoms with Crippen LogP contribution in [0.1, 0.15) is 20.8 Å². The predicted octanol–water partition coefficient (Wildman–Crippen LogP) is -6.74. The van der Waals surface area contributed by atoms with E-state index in [-0.39, 0.29) is 0 Å². The Labute approximate surface area is 233 Å². The summed E-state index contributed by atoms with van der Waals surface area (Å²) in [5.41, 5.74) is 17.4. The van der Waals surface area contributed by atoms with Gasteiger partial charge in [0, 0.05) is 13.8 Å². The minimum absolute atomic E-state index is 0.613. The minimum Gasteiger partial charge on any atom is -0.479 e. The van der Waals surface area contributed by atoms with E-state index in [0.29, 0.717) is 0 Å². The molecule has 0 aliphatic carbocycles. The van der Waals surface area contributed by atoms with E-state index >= 15 is 0 Å². The lowest BCUT2D eigenvalue weighted by Crippen LogP contribution is -2.72. The van der Waals surface area contributed by atoms with Gasteiger partial charge < -0.3 is 77.1 Å². The van der Waals surface area contributed by atoms with E-state index < -0.39 is 116 Å². The zero-order valence-corrected chi connectivity index (χ0v) is 22.3. The number of aliphatic hydroxyl groups is 4. The van der Waals surface area contributed by atoms with Gasteiger partial charge in [-0.05, 0) is 6.92 Å². The van der Waals surface area contributed by atoms with Gasteiger partial charge in [-0.25, -0.2) is 4.79 Å². The molecule has 0 spiro atoms. The summed E-state index contributed by atoms with van der Waals surface area (Å²) >= 11 is 0. The van der Waals surface area contributed by atoms with Crippen molar-refractivity contribution >= 4 is 23.7 Å². The molecule has 0 unspecified atom stereocenters. The van der Waals surface area contributed by atoms with Crippen LogP contribution in [0, 0.1) is 0 Å². The van der Waals surface area contributed by atoms with Gasteiger partial charge in [0.25, 0.3) is 0 Å². The van der Waals surface area contributed by atoms with Crippen molar-refractivity contribution in [2.75, 3.05) is 0 Å². The third kappa shape index (κ3) is 7.09. The second kappa shape index (κ2) is 13.2. The van der Waals surface area contributed by atoms with Gasteiger partial charge in [-0.15, -0.1) is 0 Å². The number of hydrogen-bond donors (Lipinski definition) is 10. The van der Waals surface area contributed by atoms with Gasteiger partial charge in [0.05, 0.1) is 24.2 Å². The first-order valence-corrected chi connectivity index (χ1v) is 12.6. The van der Waals surface area contributed by atoms with Crippen molar-refractivity contribution in [3.8, 4) is 0 Å². The molecule has 0 saturated carbocycles. The number of nitrogens with one attached hydrogen (secondary N) is 2. The van der Waals surface area contributed by atoms with Crippen molar-refractivity contribution in [2.24, 2.45) is 17.2 Å². The van der Waals surface area contributed by atoms with Crippen LogP contribution in [0.3, 0.4) is 0 Å². The molecule has 234 valence electrons. The largest absolute Gasteiger partial charge is 0.479 e. The van der Waals surface area contributed by atoms with Crippen molar-refractivity contribution in [1.29, 1.82) is 0 Å². The highest BCUT2D eigenvalue weighted by Gasteiger charge is 2.55. The van der Waals surface area contributed by atoms with Crippen molar-refractivity contribution in [3.63, 3.8) is 0 Å². The van der Waals surface area contributed by atoms with E-state index in [4.69, 9.17) is 40.9 Å². The molecule has 0 aromatic rings. The number of aliphatic hydroxyl groups excluding tert-OH is 4. The molecule has 0 aromatic heterocycles. The molecule has 19 nitrogen and oxygen atoms in total. The number of rotatable bonds is 8. The fraction of sp³-hybridized carbons (Fsp3) is 0.818. The number of hydrogen-bond acceptors (Lipinski definition) is 15. The van der Waals surface area contributed by atoms with Crippen LogP contribution in [0.5, 0.6) is 0 Å². The van der Waals surface area contributed by atoms with E-state index in [9.17, 15) is 44.7 Å². The summed E-state index contributed by atoms with van der Waals surface area (Å²) in [4.78, 5) is 47.5. The summed E-state index contributed by atoms with van der Waals surface area (Å²) in [7, 11) is 0. The lowest BCUT2D eigenvalue weighted by atomic mass is 9.93. The maximum absolute atomic E-state index is 12.2. The molecule has 3 heterocycles. The fourth-order valence-corrected chi connectivity index (χ4v) is 4.89. The Morgan fingerprint density at radius 3 is 1.80 bits per heavy atom. The molecular weight excluding hydrogens is 558 g/mol. The summed E-state index contributed by atoms with van der Waals surface area (Å²) in [6.07, 6.45) is -18.1. The van der Waals surface area contributed by atoms with Crippen molar-refractivity contribution in [3.05, 3.63) is 0 Å². The standard InChI is InChI=1S/C22H37N5O14/c1-4-11(30)14(10(20(36)37-4)27-6(3)29)38-21-8(24)13(32)15(17(41-21)19(34)35)39-22-9(26-5(2)28)7(23)12(31)16(40-22)18(25)33/h4,7-17,20-22,30-32,36H,23-24H2,1-3H3,(H2,25,33)(H,26,28)(H,27,29)(H,34,35)/t4-,7-,8+,9-,10-,11-,12+,13+,14-,15+,16+,17-,20+,21-,22-/m1/s1. The first kappa shape index (κ1) is 32.9. The van der Waals surface area contributed by atoms with Crippen molar-refractivity contribution in [2.45, 2.75) is 113 Å². The van der Waals surface area contributed by atoms with E-state index in [1.807, 2.05) is 0 Å². The molecule has 0 radical (unpaired) electrons. The topological polar surface area (TPSA) is 318 Å². The first-order valence-electron chi connectivity index (χ1n) is 12.6. The molecule has 0 bridgehead atoms. The number of amides is 3. The van der Waals surface area contributed by atoms with E-state index in [1.54, 1.807) is 0 Å². The Bertz CT molecular complexity index is 990. The van der Waals surface area contributed by atoms with Gasteiger partial charge in [0.1, 0.15) is 36.6 Å². The van der Waals surface area contributed by atoms with Gasteiger partial charge in [0.2, 0.25) is 17.7 Å². The van der Waals surface area contributed by atoms with Crippen LogP contribution < -0.4 is 27.8 Å². The monoisotopic (exact) mass is 595 g/mol. The van der Waals surface area contributed by atoms with Crippen LogP contribution >= 0.6 is 0 Å². The first-order chi connectivity index (χ1) is 19.0. The maximum atomic E-state index is 12.2. The normalized spacial score (nSPS) is 45.0. The molecule has 13 N–H and O–H groups in total. The van der Waals surface area contributed by atoms with Crippen molar-refractivity contribution in [1.82, 2.24) is 10.6 Å². The van der Waals surface area contributed by atoms with Gasteiger partial charge in [-0.3, -0.25) is 14.4 Å². The molecule has 3 aliphatic heterocycles. The third-order valence-corrected chi connectivity index (χ3v) is 7.00. The van der Waals surface area contributed by atoms with E-state index in [0.717, 1.165) is 13.8 Å². The van der Waals surface area contributed by atoms with Crippen LogP contribution in [-0.2, 0) is 42.9 Å². The number of ether oxygens (including phenoxy) is 5. The molecule has 3 rings (SSSR count). The molecular formula is C22H37N5O14. The van der Waals surface area contributed by atoms with Gasteiger partial charge >= 0.3 is 5.97 Å². The highest BCUT2D eigenvalue weighted by molar-refractivity contribution is 5.80. The highest BCUT2D eigenvalue weighted by atomic mass is 16.7. The molecule has 3 amide bonds. The molecule has 3 fully saturated rings. The molecule has 3 aliphatic rings. The second-order valence-electron chi connectivity index (χ2n) is 10.1. The molecule has 0 aromatic carbocycles. The number of nitrogens with two attached hydrogens (primary N) is 3. The van der Waals surface area contributed by atoms with Crippen LogP contribution in [0.15, 0.2) is 0 Å². The smallest absolute Gasteiger partial charge is 0.335 e. The van der Waals surface area contributed by atoms with Gasteiger partial charge in [0.15, 0.2) is 31.1 Å². The molecule has 41 heavy (non-hydrogen) atoms. The van der Waals surface area contributed by atoms with Crippen molar-refractivity contribution < 1.29 is 68.4 Å². The predicted molar refractivity (Wildman–Crippen MR) is 130 cm³/mol. The molecule has 19 heteroatoms. The zero-order chi connectivity index (χ0) is 30.9. The maximum Gasteiger partial charge on any atom is 0.335 e. The Balaban J connectivity index is 1.87. The lowest BCUT2D eigenvalue weighted by molar-refractivity contribution is -0.334.